The van der Waals surface area contributed by atoms with Crippen molar-refractivity contribution < 1.29 is 19.0 Å². The van der Waals surface area contributed by atoms with Crippen molar-refractivity contribution in [3.8, 4) is 11.5 Å². The Kier molecular flexibility index (Phi) is 7.78. The van der Waals surface area contributed by atoms with Crippen molar-refractivity contribution in [3.63, 3.8) is 0 Å². The minimum atomic E-state index is -0.0968. The molecule has 0 N–H and O–H groups in total. The summed E-state index contributed by atoms with van der Waals surface area (Å²) >= 11 is 16.6. The lowest BCUT2D eigenvalue weighted by Gasteiger charge is -2.18. The van der Waals surface area contributed by atoms with Gasteiger partial charge in [-0.05, 0) is 42.7 Å². The van der Waals surface area contributed by atoms with Crippen molar-refractivity contribution >= 4 is 67.8 Å². The standard InChI is InChI=1S/C23H21BrClNO4S2/c1-28-19-9-15(17(24)11-20(19)30-13-14-5-2-3-7-18(14)25)10-21-22(27)26(23(31)32-21)12-16-6-4-8-29-16/h2-3,5,7,9-11,16H,4,6,8,12-13H2,1H3/b21-10-/t16-/m0/s1. The fourth-order valence-electron chi connectivity index (χ4n) is 3.50. The third kappa shape index (κ3) is 5.31. The van der Waals surface area contributed by atoms with Crippen LogP contribution in [0.15, 0.2) is 45.8 Å². The van der Waals surface area contributed by atoms with Crippen LogP contribution in [0.25, 0.3) is 6.08 Å². The molecule has 2 aromatic carbocycles. The highest BCUT2D eigenvalue weighted by Gasteiger charge is 2.34. The monoisotopic (exact) mass is 553 g/mol. The summed E-state index contributed by atoms with van der Waals surface area (Å²) in [5.74, 6) is 1.03. The summed E-state index contributed by atoms with van der Waals surface area (Å²) in [6.45, 7) is 1.55. The van der Waals surface area contributed by atoms with E-state index in [9.17, 15) is 4.79 Å². The minimum absolute atomic E-state index is 0.0539. The second-order valence-corrected chi connectivity index (χ2v) is 10.3. The van der Waals surface area contributed by atoms with Crippen LogP contribution in [0.5, 0.6) is 11.5 Å². The Morgan fingerprint density at radius 1 is 1.34 bits per heavy atom. The first-order valence-electron chi connectivity index (χ1n) is 10.1. The summed E-state index contributed by atoms with van der Waals surface area (Å²) in [5.41, 5.74) is 1.68. The summed E-state index contributed by atoms with van der Waals surface area (Å²) in [5, 5.41) is 0.646. The fraction of sp³-hybridized carbons (Fsp3) is 0.304. The molecule has 2 aliphatic rings. The summed E-state index contributed by atoms with van der Waals surface area (Å²) in [6.07, 6.45) is 3.85. The Morgan fingerprint density at radius 2 is 2.16 bits per heavy atom. The second kappa shape index (κ2) is 10.6. The van der Waals surface area contributed by atoms with Gasteiger partial charge >= 0.3 is 0 Å². The molecule has 0 radical (unpaired) electrons. The number of methoxy groups -OCH3 is 1. The first-order valence-corrected chi connectivity index (χ1v) is 12.5. The van der Waals surface area contributed by atoms with E-state index in [1.165, 1.54) is 11.8 Å². The number of nitrogens with zero attached hydrogens (tertiary/aromatic N) is 1. The summed E-state index contributed by atoms with van der Waals surface area (Å²) in [6, 6.07) is 11.2. The SMILES string of the molecule is COc1cc(/C=C2\SC(=S)N(C[C@@H]3CCCO3)C2=O)c(Br)cc1OCc1ccccc1Cl. The van der Waals surface area contributed by atoms with Gasteiger partial charge in [0.15, 0.2) is 11.5 Å². The lowest BCUT2D eigenvalue weighted by atomic mass is 10.1. The van der Waals surface area contributed by atoms with E-state index in [2.05, 4.69) is 15.9 Å². The number of benzene rings is 2. The van der Waals surface area contributed by atoms with Gasteiger partial charge in [0, 0.05) is 21.7 Å². The van der Waals surface area contributed by atoms with Crippen molar-refractivity contribution in [1.29, 1.82) is 0 Å². The lowest BCUT2D eigenvalue weighted by Crippen LogP contribution is -2.35. The number of ether oxygens (including phenoxy) is 3. The zero-order valence-electron chi connectivity index (χ0n) is 17.3. The highest BCUT2D eigenvalue weighted by atomic mass is 79.9. The molecule has 168 valence electrons. The molecule has 4 rings (SSSR count). The first kappa shape index (κ1) is 23.6. The smallest absolute Gasteiger partial charge is 0.266 e. The zero-order valence-corrected chi connectivity index (χ0v) is 21.3. The first-order chi connectivity index (χ1) is 15.5. The number of carbonyl (C=O) groups is 1. The largest absolute Gasteiger partial charge is 0.493 e. The molecule has 0 spiro atoms. The number of thiocarbonyl (C=S) groups is 1. The number of carbonyl (C=O) groups excluding carboxylic acids is 1. The topological polar surface area (TPSA) is 48.0 Å². The van der Waals surface area contributed by atoms with Crippen LogP contribution in [0.3, 0.4) is 0 Å². The molecule has 2 saturated heterocycles. The normalized spacial score (nSPS) is 19.8. The van der Waals surface area contributed by atoms with Gasteiger partial charge in [0.1, 0.15) is 10.9 Å². The number of hydrogen-bond donors (Lipinski definition) is 0. The molecule has 32 heavy (non-hydrogen) atoms. The maximum atomic E-state index is 12.9. The van der Waals surface area contributed by atoms with Gasteiger partial charge in [-0.1, -0.05) is 69.7 Å². The summed E-state index contributed by atoms with van der Waals surface area (Å²) in [7, 11) is 1.58. The van der Waals surface area contributed by atoms with Gasteiger partial charge in [0.05, 0.1) is 24.7 Å². The third-order valence-electron chi connectivity index (χ3n) is 5.19. The molecule has 0 aromatic heterocycles. The molecule has 2 aliphatic heterocycles. The Balaban J connectivity index is 1.52. The van der Waals surface area contributed by atoms with Crippen molar-refractivity contribution in [3.05, 3.63) is 61.9 Å². The van der Waals surface area contributed by atoms with Gasteiger partial charge in [-0.2, -0.15) is 0 Å². The van der Waals surface area contributed by atoms with E-state index in [1.807, 2.05) is 42.5 Å². The average molecular weight is 555 g/mol. The Labute approximate surface area is 210 Å². The van der Waals surface area contributed by atoms with Crippen LogP contribution in [-0.2, 0) is 16.1 Å². The van der Waals surface area contributed by atoms with E-state index in [-0.39, 0.29) is 12.0 Å². The predicted molar refractivity (Wildman–Crippen MR) is 135 cm³/mol. The molecule has 2 heterocycles. The molecule has 0 saturated carbocycles. The van der Waals surface area contributed by atoms with E-state index in [1.54, 1.807) is 12.0 Å². The van der Waals surface area contributed by atoms with Gasteiger partial charge in [-0.3, -0.25) is 9.69 Å². The van der Waals surface area contributed by atoms with Crippen molar-refractivity contribution in [1.82, 2.24) is 4.90 Å². The van der Waals surface area contributed by atoms with Gasteiger partial charge < -0.3 is 14.2 Å². The Morgan fingerprint density at radius 3 is 2.88 bits per heavy atom. The molecule has 2 aromatic rings. The number of amides is 1. The van der Waals surface area contributed by atoms with Crippen molar-refractivity contribution in [2.24, 2.45) is 0 Å². The van der Waals surface area contributed by atoms with Crippen LogP contribution in [0.1, 0.15) is 24.0 Å². The van der Waals surface area contributed by atoms with Crippen LogP contribution >= 0.6 is 51.5 Å². The molecular weight excluding hydrogens is 534 g/mol. The van der Waals surface area contributed by atoms with E-state index in [0.717, 1.165) is 35.0 Å². The maximum Gasteiger partial charge on any atom is 0.266 e. The van der Waals surface area contributed by atoms with E-state index >= 15 is 0 Å². The Hall–Kier alpha value is -1.58. The molecule has 2 fully saturated rings. The van der Waals surface area contributed by atoms with Crippen molar-refractivity contribution in [2.45, 2.75) is 25.6 Å². The number of rotatable bonds is 7. The number of thioether (sulfide) groups is 1. The molecule has 5 nitrogen and oxygen atoms in total. The highest BCUT2D eigenvalue weighted by Crippen LogP contribution is 2.39. The van der Waals surface area contributed by atoms with Gasteiger partial charge in [-0.25, -0.2) is 0 Å². The second-order valence-electron chi connectivity index (χ2n) is 7.33. The number of hydrogen-bond acceptors (Lipinski definition) is 6. The van der Waals surface area contributed by atoms with E-state index < -0.39 is 0 Å². The van der Waals surface area contributed by atoms with Gasteiger partial charge in [0.25, 0.3) is 5.91 Å². The highest BCUT2D eigenvalue weighted by molar-refractivity contribution is 9.10. The molecule has 9 heteroatoms. The Bertz CT molecular complexity index is 1070. The zero-order chi connectivity index (χ0) is 22.7. The van der Waals surface area contributed by atoms with Crippen LogP contribution in [-0.4, -0.2) is 41.5 Å². The summed E-state index contributed by atoms with van der Waals surface area (Å²) in [4.78, 5) is 15.1. The molecular formula is C23H21BrClNO4S2. The third-order valence-corrected chi connectivity index (χ3v) is 7.63. The fourth-order valence-corrected chi connectivity index (χ4v) is 5.39. The van der Waals surface area contributed by atoms with E-state index in [0.29, 0.717) is 38.9 Å². The lowest BCUT2D eigenvalue weighted by molar-refractivity contribution is -0.123. The molecule has 1 atom stereocenters. The maximum absolute atomic E-state index is 12.9. The van der Waals surface area contributed by atoms with Crippen molar-refractivity contribution in [2.75, 3.05) is 20.3 Å². The van der Waals surface area contributed by atoms with Crippen LogP contribution in [0.4, 0.5) is 0 Å². The average Bonchev–Trinajstić information content (AvgIpc) is 3.39. The predicted octanol–water partition coefficient (Wildman–Crippen LogP) is 6.07. The molecule has 0 bridgehead atoms. The molecule has 0 aliphatic carbocycles. The minimum Gasteiger partial charge on any atom is -0.493 e. The van der Waals surface area contributed by atoms with E-state index in [4.69, 9.17) is 38.0 Å². The number of halogens is 2. The van der Waals surface area contributed by atoms with Crippen LogP contribution < -0.4 is 9.47 Å². The van der Waals surface area contributed by atoms with Crippen LogP contribution in [0.2, 0.25) is 5.02 Å². The van der Waals surface area contributed by atoms with Gasteiger partial charge in [-0.15, -0.1) is 0 Å². The van der Waals surface area contributed by atoms with Gasteiger partial charge in [0.2, 0.25) is 0 Å². The van der Waals surface area contributed by atoms with Crippen LogP contribution in [0, 0.1) is 0 Å². The summed E-state index contributed by atoms with van der Waals surface area (Å²) < 4.78 is 18.5. The molecule has 1 amide bonds. The quantitative estimate of drug-likeness (QED) is 0.306. The molecule has 0 unspecified atom stereocenters.